The number of hydrogen-bond donors (Lipinski definition) is 1. The molecule has 6 nitrogen and oxygen atoms in total. The van der Waals surface area contributed by atoms with E-state index in [-0.39, 0.29) is 11.9 Å². The first kappa shape index (κ1) is 16.8. The molecule has 2 aliphatic rings. The first-order valence-corrected chi connectivity index (χ1v) is 9.10. The Hall–Kier alpha value is -2.60. The fraction of sp³-hybridized carbons (Fsp3) is 0.400. The highest BCUT2D eigenvalue weighted by molar-refractivity contribution is 5.82. The quantitative estimate of drug-likeness (QED) is 0.908. The highest BCUT2D eigenvalue weighted by Crippen LogP contribution is 2.30. The summed E-state index contributed by atoms with van der Waals surface area (Å²) >= 11 is 0. The highest BCUT2D eigenvalue weighted by Gasteiger charge is 2.29. The largest absolute Gasteiger partial charge is 0.486 e. The zero-order chi connectivity index (χ0) is 17.8. The maximum Gasteiger partial charge on any atom is 0.237 e. The number of ether oxygens (including phenoxy) is 2. The van der Waals surface area contributed by atoms with E-state index in [1.54, 1.807) is 6.20 Å². The Morgan fingerprint density at radius 3 is 2.81 bits per heavy atom. The lowest BCUT2D eigenvalue weighted by atomic mass is 10.0. The summed E-state index contributed by atoms with van der Waals surface area (Å²) < 4.78 is 11.2. The van der Waals surface area contributed by atoms with Crippen LogP contribution in [-0.4, -0.2) is 48.1 Å². The molecule has 4 rings (SSSR count). The van der Waals surface area contributed by atoms with Crippen molar-refractivity contribution < 1.29 is 14.3 Å². The monoisotopic (exact) mass is 353 g/mol. The van der Waals surface area contributed by atoms with Gasteiger partial charge in [-0.15, -0.1) is 0 Å². The van der Waals surface area contributed by atoms with E-state index in [0.717, 1.165) is 36.5 Å². The lowest BCUT2D eigenvalue weighted by molar-refractivity contribution is -0.125. The van der Waals surface area contributed by atoms with Crippen LogP contribution in [0.3, 0.4) is 0 Å². The zero-order valence-electron chi connectivity index (χ0n) is 14.7. The van der Waals surface area contributed by atoms with Gasteiger partial charge in [-0.2, -0.15) is 0 Å². The molecule has 1 saturated heterocycles. The molecule has 1 aromatic carbocycles. The van der Waals surface area contributed by atoms with Gasteiger partial charge in [0.15, 0.2) is 11.5 Å². The molecule has 6 heteroatoms. The predicted octanol–water partition coefficient (Wildman–Crippen LogP) is 1.79. The van der Waals surface area contributed by atoms with Crippen molar-refractivity contribution in [1.29, 1.82) is 0 Å². The second kappa shape index (κ2) is 7.74. The number of fused-ring (bicyclic) bond motifs is 1. The average molecular weight is 353 g/mol. The molecule has 0 spiro atoms. The number of rotatable bonds is 4. The lowest BCUT2D eigenvalue weighted by Crippen LogP contribution is -2.45. The van der Waals surface area contributed by atoms with E-state index in [1.807, 2.05) is 24.3 Å². The Labute approximate surface area is 153 Å². The van der Waals surface area contributed by atoms with Gasteiger partial charge in [0.2, 0.25) is 5.91 Å². The van der Waals surface area contributed by atoms with Gasteiger partial charge in [-0.25, -0.2) is 0 Å². The molecular formula is C20H23N3O3. The molecule has 3 heterocycles. The fourth-order valence-corrected chi connectivity index (χ4v) is 3.47. The van der Waals surface area contributed by atoms with Crippen molar-refractivity contribution in [3.8, 4) is 11.5 Å². The minimum absolute atomic E-state index is 0.0869. The summed E-state index contributed by atoms with van der Waals surface area (Å²) in [6, 6.07) is 11.9. The van der Waals surface area contributed by atoms with Crippen molar-refractivity contribution in [2.45, 2.75) is 25.4 Å². The van der Waals surface area contributed by atoms with Crippen LogP contribution in [0.15, 0.2) is 42.6 Å². The number of carbonyl (C=O) groups excluding carboxylic acids is 1. The van der Waals surface area contributed by atoms with Gasteiger partial charge >= 0.3 is 0 Å². The standard InChI is InChI=1S/C20H23N3O3/c24-20-17(11-15-5-2-1-3-6-15)23(8-4-7-21-20)14-16-12-18-19(13-22-16)26-10-9-25-18/h1-3,5-6,12-13,17H,4,7-11,14H2,(H,21,24). The van der Waals surface area contributed by atoms with Crippen LogP contribution in [0.1, 0.15) is 17.7 Å². The molecule has 0 saturated carbocycles. The summed E-state index contributed by atoms with van der Waals surface area (Å²) in [5.41, 5.74) is 2.05. The number of hydrogen-bond acceptors (Lipinski definition) is 5. The van der Waals surface area contributed by atoms with Gasteiger partial charge in [-0.1, -0.05) is 30.3 Å². The van der Waals surface area contributed by atoms with E-state index in [0.29, 0.717) is 31.9 Å². The summed E-state index contributed by atoms with van der Waals surface area (Å²) in [4.78, 5) is 19.4. The Bertz CT molecular complexity index is 766. The number of pyridine rings is 1. The molecule has 1 N–H and O–H groups in total. The maximum atomic E-state index is 12.6. The van der Waals surface area contributed by atoms with Crippen molar-refractivity contribution >= 4 is 5.91 Å². The summed E-state index contributed by atoms with van der Waals surface area (Å²) in [5.74, 6) is 1.51. The summed E-state index contributed by atoms with van der Waals surface area (Å²) in [6.07, 6.45) is 3.34. The third-order valence-electron chi connectivity index (χ3n) is 4.79. The predicted molar refractivity (Wildman–Crippen MR) is 97.2 cm³/mol. The first-order chi connectivity index (χ1) is 12.8. The second-order valence-electron chi connectivity index (χ2n) is 6.64. The summed E-state index contributed by atoms with van der Waals surface area (Å²) in [5, 5.41) is 3.03. The van der Waals surface area contributed by atoms with Crippen molar-refractivity contribution in [1.82, 2.24) is 15.2 Å². The normalized spacial score (nSPS) is 20.3. The Kier molecular flexibility index (Phi) is 5.02. The smallest absolute Gasteiger partial charge is 0.237 e. The number of amides is 1. The SMILES string of the molecule is O=C1NCCCN(Cc2cc3c(cn2)OCCO3)C1Cc1ccccc1. The maximum absolute atomic E-state index is 12.6. The molecule has 0 aliphatic carbocycles. The first-order valence-electron chi connectivity index (χ1n) is 9.10. The molecule has 0 radical (unpaired) electrons. The van der Waals surface area contributed by atoms with Gasteiger partial charge in [0.25, 0.3) is 0 Å². The third-order valence-corrected chi connectivity index (χ3v) is 4.79. The molecule has 1 aromatic heterocycles. The molecule has 1 fully saturated rings. The average Bonchev–Trinajstić information content (AvgIpc) is 2.85. The van der Waals surface area contributed by atoms with Crippen molar-refractivity contribution in [2.75, 3.05) is 26.3 Å². The molecule has 136 valence electrons. The van der Waals surface area contributed by atoms with Crippen molar-refractivity contribution in [3.05, 3.63) is 53.9 Å². The second-order valence-corrected chi connectivity index (χ2v) is 6.64. The fourth-order valence-electron chi connectivity index (χ4n) is 3.47. The van der Waals surface area contributed by atoms with Crippen LogP contribution >= 0.6 is 0 Å². The minimum atomic E-state index is -0.199. The van der Waals surface area contributed by atoms with E-state index < -0.39 is 0 Å². The van der Waals surface area contributed by atoms with Gasteiger partial charge in [0.1, 0.15) is 13.2 Å². The third kappa shape index (κ3) is 3.80. The van der Waals surface area contributed by atoms with Gasteiger partial charge in [-0.3, -0.25) is 14.7 Å². The molecule has 1 amide bonds. The van der Waals surface area contributed by atoms with Crippen molar-refractivity contribution in [2.24, 2.45) is 0 Å². The molecule has 1 atom stereocenters. The number of nitrogens with zero attached hydrogens (tertiary/aromatic N) is 2. The van der Waals surface area contributed by atoms with E-state index in [1.165, 1.54) is 0 Å². The van der Waals surface area contributed by atoms with Gasteiger partial charge in [-0.05, 0) is 18.4 Å². The van der Waals surface area contributed by atoms with E-state index in [4.69, 9.17) is 9.47 Å². The highest BCUT2D eigenvalue weighted by atomic mass is 16.6. The van der Waals surface area contributed by atoms with E-state index >= 15 is 0 Å². The number of aromatic nitrogens is 1. The lowest BCUT2D eigenvalue weighted by Gasteiger charge is -2.28. The van der Waals surface area contributed by atoms with Crippen LogP contribution in [0, 0.1) is 0 Å². The molecule has 2 aromatic rings. The van der Waals surface area contributed by atoms with Crippen LogP contribution in [-0.2, 0) is 17.8 Å². The topological polar surface area (TPSA) is 63.7 Å². The van der Waals surface area contributed by atoms with Crippen LogP contribution in [0.25, 0.3) is 0 Å². The van der Waals surface area contributed by atoms with Crippen LogP contribution in [0.2, 0.25) is 0 Å². The molecule has 26 heavy (non-hydrogen) atoms. The van der Waals surface area contributed by atoms with Gasteiger partial charge in [0.05, 0.1) is 17.9 Å². The zero-order valence-corrected chi connectivity index (χ0v) is 14.7. The van der Waals surface area contributed by atoms with Crippen LogP contribution in [0.5, 0.6) is 11.5 Å². The van der Waals surface area contributed by atoms with Gasteiger partial charge < -0.3 is 14.8 Å². The summed E-state index contributed by atoms with van der Waals surface area (Å²) in [6.45, 7) is 3.29. The molecule has 2 aliphatic heterocycles. The van der Waals surface area contributed by atoms with Crippen molar-refractivity contribution in [3.63, 3.8) is 0 Å². The number of nitrogens with one attached hydrogen (secondary N) is 1. The molecule has 1 unspecified atom stereocenters. The Morgan fingerprint density at radius 1 is 1.15 bits per heavy atom. The van der Waals surface area contributed by atoms with Crippen LogP contribution < -0.4 is 14.8 Å². The van der Waals surface area contributed by atoms with Gasteiger partial charge in [0, 0.05) is 25.7 Å². The Morgan fingerprint density at radius 2 is 1.96 bits per heavy atom. The Balaban J connectivity index is 1.54. The number of benzene rings is 1. The van der Waals surface area contributed by atoms with Crippen LogP contribution in [0.4, 0.5) is 0 Å². The number of carbonyl (C=O) groups is 1. The summed E-state index contributed by atoms with van der Waals surface area (Å²) in [7, 11) is 0. The van der Waals surface area contributed by atoms with E-state index in [2.05, 4.69) is 27.3 Å². The molecular weight excluding hydrogens is 330 g/mol. The molecule has 0 bridgehead atoms. The minimum Gasteiger partial charge on any atom is -0.486 e. The van der Waals surface area contributed by atoms with E-state index in [9.17, 15) is 4.79 Å².